The third kappa shape index (κ3) is 3.46. The maximum atomic E-state index is 13.2. The maximum Gasteiger partial charge on any atom is 0.516 e. The molecule has 0 bridgehead atoms. The first-order chi connectivity index (χ1) is 15.1. The van der Waals surface area contributed by atoms with E-state index in [2.05, 4.69) is 9.97 Å². The molecule has 0 saturated heterocycles. The summed E-state index contributed by atoms with van der Waals surface area (Å²) >= 11 is 0. The van der Waals surface area contributed by atoms with Gasteiger partial charge in [-0.3, -0.25) is 9.69 Å². The number of carbonyl (C=O) groups excluding carboxylic acids is 2. The lowest BCUT2D eigenvalue weighted by Crippen LogP contribution is -2.32. The average molecular weight is 411 g/mol. The van der Waals surface area contributed by atoms with E-state index in [0.717, 1.165) is 11.1 Å². The standard InChI is InChI=1S/C24H17N3O4/c1-15-11-12-16-13-14-20(26-21(16)25-15)27-22(28)18-9-5-6-10-19(18)23(27)31-24(29)30-17-7-3-2-4-8-17/h2-14,23H,1H3. The predicted molar refractivity (Wildman–Crippen MR) is 114 cm³/mol. The zero-order chi connectivity index (χ0) is 21.4. The van der Waals surface area contributed by atoms with E-state index >= 15 is 0 Å². The van der Waals surface area contributed by atoms with Crippen LogP contribution in [0.2, 0.25) is 0 Å². The summed E-state index contributed by atoms with van der Waals surface area (Å²) in [4.78, 5) is 36.0. The van der Waals surface area contributed by atoms with Crippen LogP contribution in [0.3, 0.4) is 0 Å². The topological polar surface area (TPSA) is 81.6 Å². The Morgan fingerprint density at radius 1 is 0.903 bits per heavy atom. The van der Waals surface area contributed by atoms with Gasteiger partial charge < -0.3 is 9.47 Å². The zero-order valence-electron chi connectivity index (χ0n) is 16.6. The normalized spacial score (nSPS) is 15.1. The molecule has 1 amide bonds. The number of aromatic nitrogens is 2. The molecule has 0 radical (unpaired) electrons. The molecule has 2 aromatic heterocycles. The van der Waals surface area contributed by atoms with Gasteiger partial charge in [-0.25, -0.2) is 14.8 Å². The number of hydrogen-bond donors (Lipinski definition) is 0. The van der Waals surface area contributed by atoms with Crippen molar-refractivity contribution in [2.75, 3.05) is 4.90 Å². The summed E-state index contributed by atoms with van der Waals surface area (Å²) in [5.41, 5.74) is 2.33. The van der Waals surface area contributed by atoms with Gasteiger partial charge in [-0.05, 0) is 49.4 Å². The Morgan fingerprint density at radius 3 is 2.48 bits per heavy atom. The van der Waals surface area contributed by atoms with Gasteiger partial charge in [-0.15, -0.1) is 0 Å². The van der Waals surface area contributed by atoms with Crippen molar-refractivity contribution in [3.05, 3.63) is 95.7 Å². The Morgan fingerprint density at radius 2 is 1.65 bits per heavy atom. The number of ether oxygens (including phenoxy) is 2. The molecule has 7 heteroatoms. The summed E-state index contributed by atoms with van der Waals surface area (Å²) in [5, 5.41) is 0.847. The number of benzene rings is 2. The lowest BCUT2D eigenvalue weighted by molar-refractivity contribution is 0.0569. The van der Waals surface area contributed by atoms with E-state index in [9.17, 15) is 9.59 Å². The molecule has 7 nitrogen and oxygen atoms in total. The highest BCUT2D eigenvalue weighted by Crippen LogP contribution is 2.38. The zero-order valence-corrected chi connectivity index (χ0v) is 16.6. The minimum atomic E-state index is -1.00. The molecule has 0 saturated carbocycles. The fraction of sp³-hybridized carbons (Fsp3) is 0.0833. The first kappa shape index (κ1) is 18.7. The molecule has 1 aliphatic heterocycles. The molecular formula is C24H17N3O4. The van der Waals surface area contributed by atoms with Gasteiger partial charge in [-0.2, -0.15) is 0 Å². The highest BCUT2D eigenvalue weighted by atomic mass is 16.7. The summed E-state index contributed by atoms with van der Waals surface area (Å²) in [7, 11) is 0. The minimum Gasteiger partial charge on any atom is -0.405 e. The fourth-order valence-electron chi connectivity index (χ4n) is 3.54. The SMILES string of the molecule is Cc1ccc2ccc(N3C(=O)c4ccccc4C3OC(=O)Oc3ccccc3)nc2n1. The molecule has 1 atom stereocenters. The largest absolute Gasteiger partial charge is 0.516 e. The number of para-hydroxylation sites is 1. The molecule has 4 aromatic rings. The quantitative estimate of drug-likeness (QED) is 0.355. The van der Waals surface area contributed by atoms with Crippen LogP contribution in [-0.4, -0.2) is 22.0 Å². The Bertz CT molecular complexity index is 1310. The number of hydrogen-bond acceptors (Lipinski definition) is 6. The van der Waals surface area contributed by atoms with Crippen molar-refractivity contribution < 1.29 is 19.1 Å². The summed E-state index contributed by atoms with van der Waals surface area (Å²) in [5.74, 6) is 0.372. The Labute approximate surface area is 177 Å². The van der Waals surface area contributed by atoms with E-state index < -0.39 is 12.4 Å². The van der Waals surface area contributed by atoms with E-state index in [4.69, 9.17) is 9.47 Å². The van der Waals surface area contributed by atoms with Crippen molar-refractivity contribution in [3.63, 3.8) is 0 Å². The lowest BCUT2D eigenvalue weighted by Gasteiger charge is -2.24. The molecule has 0 N–H and O–H groups in total. The molecular weight excluding hydrogens is 394 g/mol. The van der Waals surface area contributed by atoms with Crippen molar-refractivity contribution in [1.82, 2.24) is 9.97 Å². The van der Waals surface area contributed by atoms with Crippen LogP contribution in [0.5, 0.6) is 5.75 Å². The van der Waals surface area contributed by atoms with Crippen molar-refractivity contribution in [2.45, 2.75) is 13.2 Å². The number of rotatable bonds is 3. The van der Waals surface area contributed by atoms with Gasteiger partial charge in [0, 0.05) is 22.2 Å². The molecule has 5 rings (SSSR count). The minimum absolute atomic E-state index is 0.312. The molecule has 0 fully saturated rings. The third-order valence-corrected chi connectivity index (χ3v) is 4.99. The van der Waals surface area contributed by atoms with E-state index in [1.807, 2.05) is 31.2 Å². The number of pyridine rings is 2. The predicted octanol–water partition coefficient (Wildman–Crippen LogP) is 4.81. The highest BCUT2D eigenvalue weighted by molar-refractivity contribution is 6.10. The molecule has 31 heavy (non-hydrogen) atoms. The number of amides is 1. The van der Waals surface area contributed by atoms with Crippen LogP contribution >= 0.6 is 0 Å². The number of nitrogens with zero attached hydrogens (tertiary/aromatic N) is 3. The lowest BCUT2D eigenvalue weighted by atomic mass is 10.1. The number of anilines is 1. The van der Waals surface area contributed by atoms with E-state index in [-0.39, 0.29) is 5.91 Å². The monoisotopic (exact) mass is 411 g/mol. The third-order valence-electron chi connectivity index (χ3n) is 4.99. The van der Waals surface area contributed by atoms with Gasteiger partial charge in [0.15, 0.2) is 5.65 Å². The second kappa shape index (κ2) is 7.53. The molecule has 0 aliphatic carbocycles. The molecule has 1 aliphatic rings. The van der Waals surface area contributed by atoms with Crippen molar-refractivity contribution in [2.24, 2.45) is 0 Å². The number of aryl methyl sites for hydroxylation is 1. The van der Waals surface area contributed by atoms with Crippen LogP contribution in [0.4, 0.5) is 10.6 Å². The van der Waals surface area contributed by atoms with Crippen LogP contribution < -0.4 is 9.64 Å². The van der Waals surface area contributed by atoms with Crippen LogP contribution in [0.15, 0.2) is 78.9 Å². The summed E-state index contributed by atoms with van der Waals surface area (Å²) < 4.78 is 10.9. The molecule has 0 spiro atoms. The second-order valence-electron chi connectivity index (χ2n) is 7.07. The van der Waals surface area contributed by atoms with Gasteiger partial charge in [0.2, 0.25) is 6.23 Å². The Hall–Kier alpha value is -4.26. The van der Waals surface area contributed by atoms with Gasteiger partial charge in [0.1, 0.15) is 11.6 Å². The summed E-state index contributed by atoms with van der Waals surface area (Å²) in [6.45, 7) is 1.87. The van der Waals surface area contributed by atoms with Gasteiger partial charge >= 0.3 is 6.16 Å². The van der Waals surface area contributed by atoms with Crippen LogP contribution in [0.25, 0.3) is 11.0 Å². The van der Waals surface area contributed by atoms with Crippen LogP contribution in [0, 0.1) is 6.92 Å². The van der Waals surface area contributed by atoms with Gasteiger partial charge in [0.05, 0.1) is 0 Å². The first-order valence-electron chi connectivity index (χ1n) is 9.70. The molecule has 3 heterocycles. The smallest absolute Gasteiger partial charge is 0.405 e. The van der Waals surface area contributed by atoms with Crippen LogP contribution in [-0.2, 0) is 4.74 Å². The van der Waals surface area contributed by atoms with E-state index in [0.29, 0.717) is 28.3 Å². The van der Waals surface area contributed by atoms with Crippen LogP contribution in [0.1, 0.15) is 27.8 Å². The molecule has 1 unspecified atom stereocenters. The Kier molecular flexibility index (Phi) is 4.55. The maximum absolute atomic E-state index is 13.2. The number of fused-ring (bicyclic) bond motifs is 2. The van der Waals surface area contributed by atoms with E-state index in [1.54, 1.807) is 54.6 Å². The highest BCUT2D eigenvalue weighted by Gasteiger charge is 2.41. The first-order valence-corrected chi connectivity index (χ1v) is 9.70. The van der Waals surface area contributed by atoms with Gasteiger partial charge in [-0.1, -0.05) is 36.4 Å². The van der Waals surface area contributed by atoms with E-state index in [1.165, 1.54) is 4.90 Å². The molecule has 152 valence electrons. The number of carbonyl (C=O) groups is 2. The van der Waals surface area contributed by atoms with Crippen molar-refractivity contribution >= 4 is 28.9 Å². The van der Waals surface area contributed by atoms with Crippen molar-refractivity contribution in [1.29, 1.82) is 0 Å². The Balaban J connectivity index is 1.52. The second-order valence-corrected chi connectivity index (χ2v) is 7.07. The fourth-order valence-corrected chi connectivity index (χ4v) is 3.54. The summed E-state index contributed by atoms with van der Waals surface area (Å²) in [6.07, 6.45) is -1.92. The van der Waals surface area contributed by atoms with Gasteiger partial charge in [0.25, 0.3) is 5.91 Å². The summed E-state index contributed by atoms with van der Waals surface area (Å²) in [6, 6.07) is 22.9. The average Bonchev–Trinajstić information content (AvgIpc) is 3.05. The van der Waals surface area contributed by atoms with Crippen molar-refractivity contribution in [3.8, 4) is 5.75 Å². The molecule has 2 aromatic carbocycles.